The van der Waals surface area contributed by atoms with Crippen LogP contribution in [-0.4, -0.2) is 31.1 Å². The molecule has 0 bridgehead atoms. The Morgan fingerprint density at radius 2 is 1.97 bits per heavy atom. The third-order valence-electron chi connectivity index (χ3n) is 7.15. The molecule has 178 valence electrons. The van der Waals surface area contributed by atoms with E-state index in [0.717, 1.165) is 27.4 Å². The van der Waals surface area contributed by atoms with Gasteiger partial charge in [-0.1, -0.05) is 26.5 Å². The van der Waals surface area contributed by atoms with Gasteiger partial charge in [-0.15, -0.1) is 11.3 Å². The molecule has 2 atom stereocenters. The number of hydrogen-bond acceptors (Lipinski definition) is 7. The Labute approximate surface area is 203 Å². The fourth-order valence-corrected chi connectivity index (χ4v) is 5.70. The fraction of sp³-hybridized carbons (Fsp3) is 0.385. The van der Waals surface area contributed by atoms with Crippen LogP contribution in [0.5, 0.6) is 0 Å². The van der Waals surface area contributed by atoms with Gasteiger partial charge in [-0.05, 0) is 73.9 Å². The van der Waals surface area contributed by atoms with Crippen molar-refractivity contribution < 1.29 is 15.0 Å². The van der Waals surface area contributed by atoms with Crippen molar-refractivity contribution in [3.63, 3.8) is 0 Å². The second kappa shape index (κ2) is 8.60. The summed E-state index contributed by atoms with van der Waals surface area (Å²) in [6.45, 7) is 11.4. The molecule has 1 saturated carbocycles. The summed E-state index contributed by atoms with van der Waals surface area (Å²) in [6.07, 6.45) is 6.23. The molecule has 8 heteroatoms. The zero-order chi connectivity index (χ0) is 24.7. The number of benzene rings is 1. The summed E-state index contributed by atoms with van der Waals surface area (Å²) in [5.74, 6) is -0.332. The second-order valence-electron chi connectivity index (χ2n) is 9.98. The van der Waals surface area contributed by atoms with Gasteiger partial charge in [0.1, 0.15) is 10.6 Å². The minimum absolute atomic E-state index is 0.341. The van der Waals surface area contributed by atoms with Crippen molar-refractivity contribution in [3.8, 4) is 10.4 Å². The number of anilines is 2. The molecule has 1 aromatic carbocycles. The molecular formula is C26H30N4O3S. The summed E-state index contributed by atoms with van der Waals surface area (Å²) in [5, 5.41) is 25.2. The molecule has 4 rings (SSSR count). The van der Waals surface area contributed by atoms with Crippen LogP contribution in [0.1, 0.15) is 56.3 Å². The fourth-order valence-electron chi connectivity index (χ4n) is 4.68. The number of carboxylic acids is 1. The lowest BCUT2D eigenvalue weighted by atomic mass is 9.55. The van der Waals surface area contributed by atoms with Crippen molar-refractivity contribution in [2.24, 2.45) is 10.8 Å². The zero-order valence-electron chi connectivity index (χ0n) is 19.9. The van der Waals surface area contributed by atoms with Crippen molar-refractivity contribution in [2.75, 3.05) is 5.32 Å². The minimum Gasteiger partial charge on any atom is -0.481 e. The van der Waals surface area contributed by atoms with E-state index in [1.54, 1.807) is 31.5 Å². The van der Waals surface area contributed by atoms with Crippen LogP contribution in [-0.2, 0) is 10.4 Å². The summed E-state index contributed by atoms with van der Waals surface area (Å²) in [5.41, 5.74) is 0.996. The van der Waals surface area contributed by atoms with Gasteiger partial charge in [-0.2, -0.15) is 0 Å². The van der Waals surface area contributed by atoms with Crippen LogP contribution >= 0.6 is 11.3 Å². The Balaban J connectivity index is 1.61. The zero-order valence-corrected chi connectivity index (χ0v) is 20.7. The topological polar surface area (TPSA) is 108 Å². The quantitative estimate of drug-likeness (QED) is 0.412. The first-order chi connectivity index (χ1) is 16.0. The van der Waals surface area contributed by atoms with Gasteiger partial charge < -0.3 is 15.5 Å². The maximum atomic E-state index is 11.9. The van der Waals surface area contributed by atoms with Crippen LogP contribution in [0.15, 0.2) is 43.2 Å². The van der Waals surface area contributed by atoms with Gasteiger partial charge >= 0.3 is 5.97 Å². The summed E-state index contributed by atoms with van der Waals surface area (Å²) < 4.78 is 0. The van der Waals surface area contributed by atoms with Gasteiger partial charge in [0, 0.05) is 18.1 Å². The first kappa shape index (κ1) is 24.0. The number of carboxylic acid groups (broad SMARTS) is 1. The molecule has 7 nitrogen and oxygen atoms in total. The summed E-state index contributed by atoms with van der Waals surface area (Å²) in [6, 6.07) is 7.87. The Morgan fingerprint density at radius 3 is 2.65 bits per heavy atom. The molecule has 1 aliphatic carbocycles. The number of rotatable bonds is 6. The number of nitrogens with one attached hydrogen (secondary N) is 1. The standard InChI is InChI=1S/C26H30N4O3S/c1-6-18-7-10-27-23(29-18)30-19-12-16(2)11-17(13-19)20-14-28-21(34-20)26(33)9-8-25(5,22(31)32)24(3,4)15-26/h6-7,10-14,33H,1,8-9,15H2,2-5H3,(H,31,32)(H,27,29,30)/t25-,26-/m1/s1. The molecule has 0 unspecified atom stereocenters. The molecule has 34 heavy (non-hydrogen) atoms. The molecule has 3 N–H and O–H groups in total. The highest BCUT2D eigenvalue weighted by molar-refractivity contribution is 7.15. The molecule has 1 aliphatic rings. The monoisotopic (exact) mass is 478 g/mol. The SMILES string of the molecule is C=Cc1ccnc(Nc2cc(C)cc(-c3cnc([C@@]4(O)CC[C@](C)(C(=O)O)C(C)(C)C4)s3)c2)n1. The molecule has 0 saturated heterocycles. The van der Waals surface area contributed by atoms with Crippen molar-refractivity contribution in [2.45, 2.75) is 52.6 Å². The van der Waals surface area contributed by atoms with Crippen LogP contribution in [0.4, 0.5) is 11.6 Å². The van der Waals surface area contributed by atoms with E-state index in [4.69, 9.17) is 0 Å². The molecule has 0 radical (unpaired) electrons. The second-order valence-corrected chi connectivity index (χ2v) is 11.0. The van der Waals surface area contributed by atoms with Gasteiger partial charge in [0.05, 0.1) is 16.0 Å². The summed E-state index contributed by atoms with van der Waals surface area (Å²) in [7, 11) is 0. The third kappa shape index (κ3) is 4.35. The Kier molecular flexibility index (Phi) is 6.08. The molecular weight excluding hydrogens is 448 g/mol. The molecule has 3 aromatic rings. The predicted molar refractivity (Wildman–Crippen MR) is 135 cm³/mol. The lowest BCUT2D eigenvalue weighted by Crippen LogP contribution is -2.51. The van der Waals surface area contributed by atoms with E-state index >= 15 is 0 Å². The maximum absolute atomic E-state index is 11.9. The van der Waals surface area contributed by atoms with Gasteiger partial charge in [-0.3, -0.25) is 4.79 Å². The largest absolute Gasteiger partial charge is 0.481 e. The lowest BCUT2D eigenvalue weighted by Gasteiger charge is -2.50. The first-order valence-corrected chi connectivity index (χ1v) is 12.0. The Morgan fingerprint density at radius 1 is 1.21 bits per heavy atom. The average molecular weight is 479 g/mol. The molecule has 2 heterocycles. The van der Waals surface area contributed by atoms with E-state index < -0.39 is 22.4 Å². The highest BCUT2D eigenvalue weighted by Gasteiger charge is 2.56. The normalized spacial score (nSPS) is 23.9. The van der Waals surface area contributed by atoms with Gasteiger partial charge in [0.15, 0.2) is 0 Å². The molecule has 2 aromatic heterocycles. The number of aliphatic hydroxyl groups is 1. The van der Waals surface area contributed by atoms with Gasteiger partial charge in [0.2, 0.25) is 5.95 Å². The molecule has 0 aliphatic heterocycles. The highest BCUT2D eigenvalue weighted by atomic mass is 32.1. The molecule has 0 amide bonds. The van der Waals surface area contributed by atoms with E-state index in [1.165, 1.54) is 11.3 Å². The number of carbonyl (C=O) groups is 1. The van der Waals surface area contributed by atoms with Crippen LogP contribution in [0.25, 0.3) is 16.5 Å². The maximum Gasteiger partial charge on any atom is 0.309 e. The van der Waals surface area contributed by atoms with E-state index in [1.807, 2.05) is 32.9 Å². The van der Waals surface area contributed by atoms with Crippen LogP contribution in [0, 0.1) is 17.8 Å². The van der Waals surface area contributed by atoms with Crippen molar-refractivity contribution in [1.82, 2.24) is 15.0 Å². The number of aliphatic carboxylic acids is 1. The van der Waals surface area contributed by atoms with Crippen LogP contribution in [0.2, 0.25) is 0 Å². The van der Waals surface area contributed by atoms with E-state index in [9.17, 15) is 15.0 Å². The number of hydrogen-bond donors (Lipinski definition) is 3. The third-order valence-corrected chi connectivity index (χ3v) is 8.39. The van der Waals surface area contributed by atoms with E-state index in [0.29, 0.717) is 30.2 Å². The van der Waals surface area contributed by atoms with Gasteiger partial charge in [-0.25, -0.2) is 15.0 Å². The molecule has 0 spiro atoms. The smallest absolute Gasteiger partial charge is 0.309 e. The lowest BCUT2D eigenvalue weighted by molar-refractivity contribution is -0.170. The number of nitrogens with zero attached hydrogens (tertiary/aromatic N) is 3. The van der Waals surface area contributed by atoms with Crippen molar-refractivity contribution >= 4 is 35.0 Å². The van der Waals surface area contributed by atoms with E-state index in [2.05, 4.69) is 32.9 Å². The Hall–Kier alpha value is -3.10. The summed E-state index contributed by atoms with van der Waals surface area (Å²) >= 11 is 1.45. The number of thiazole rings is 1. The minimum atomic E-state index is -1.15. The van der Waals surface area contributed by atoms with Crippen molar-refractivity contribution in [3.05, 3.63) is 59.5 Å². The van der Waals surface area contributed by atoms with Crippen LogP contribution < -0.4 is 5.32 Å². The number of aryl methyl sites for hydroxylation is 1. The highest BCUT2D eigenvalue weighted by Crippen LogP contribution is 2.56. The summed E-state index contributed by atoms with van der Waals surface area (Å²) in [4.78, 5) is 26.1. The van der Waals surface area contributed by atoms with E-state index in [-0.39, 0.29) is 0 Å². The predicted octanol–water partition coefficient (Wildman–Crippen LogP) is 5.78. The Bertz CT molecular complexity index is 1250. The van der Waals surface area contributed by atoms with Gasteiger partial charge in [0.25, 0.3) is 0 Å². The average Bonchev–Trinajstić information content (AvgIpc) is 3.27. The first-order valence-electron chi connectivity index (χ1n) is 11.2. The van der Waals surface area contributed by atoms with Crippen LogP contribution in [0.3, 0.4) is 0 Å². The van der Waals surface area contributed by atoms with Crippen molar-refractivity contribution in [1.29, 1.82) is 0 Å². The molecule has 1 fully saturated rings. The number of aromatic nitrogens is 3.